The summed E-state index contributed by atoms with van der Waals surface area (Å²) in [7, 11) is 0. The zero-order chi connectivity index (χ0) is 30.9. The molecule has 0 amide bonds. The highest BCUT2D eigenvalue weighted by molar-refractivity contribution is 6.36. The second kappa shape index (κ2) is 12.4. The van der Waals surface area contributed by atoms with Gasteiger partial charge in [0.25, 0.3) is 0 Å². The number of aliphatic hydroxyl groups is 2. The minimum Gasteiger partial charge on any atom is -0.392 e. The van der Waals surface area contributed by atoms with E-state index in [1.165, 1.54) is 0 Å². The van der Waals surface area contributed by atoms with E-state index in [-0.39, 0.29) is 12.7 Å². The SMILES string of the molecule is Cc1c(Nc2nccc3cc(CO)cnc23)cccc1-c1cccc(Nc2nccc3cc(CN4CC[C@@H](O)C4)cnc23)c1Cl. The maximum Gasteiger partial charge on any atom is 0.156 e. The quantitative estimate of drug-likeness (QED) is 0.147. The molecule has 0 unspecified atom stereocenters. The molecule has 226 valence electrons. The molecule has 1 fully saturated rings. The summed E-state index contributed by atoms with van der Waals surface area (Å²) in [4.78, 5) is 20.7. The minimum absolute atomic E-state index is 0.0663. The Hall–Kier alpha value is -4.67. The molecule has 1 atom stereocenters. The highest BCUT2D eigenvalue weighted by Crippen LogP contribution is 2.39. The number of fused-ring (bicyclic) bond motifs is 2. The Balaban J connectivity index is 1.17. The van der Waals surface area contributed by atoms with E-state index in [0.29, 0.717) is 23.2 Å². The number of hydrogen-bond donors (Lipinski definition) is 4. The van der Waals surface area contributed by atoms with Crippen molar-refractivity contribution in [2.24, 2.45) is 0 Å². The first kappa shape index (κ1) is 29.1. The third-order valence-electron chi connectivity index (χ3n) is 8.28. The number of nitrogens with zero attached hydrogens (tertiary/aromatic N) is 5. The van der Waals surface area contributed by atoms with Crippen LogP contribution >= 0.6 is 11.6 Å². The van der Waals surface area contributed by atoms with Crippen molar-refractivity contribution in [3.8, 4) is 11.1 Å². The van der Waals surface area contributed by atoms with Gasteiger partial charge in [0.1, 0.15) is 11.0 Å². The van der Waals surface area contributed by atoms with Crippen LogP contribution in [0.5, 0.6) is 0 Å². The summed E-state index contributed by atoms with van der Waals surface area (Å²) in [6.07, 6.45) is 7.61. The van der Waals surface area contributed by atoms with Gasteiger partial charge in [0.2, 0.25) is 0 Å². The Morgan fingerprint density at radius 3 is 2.11 bits per heavy atom. The standard InChI is InChI=1S/C35H32ClN7O2/c1-21-27(4-2-6-29(21)41-34-33-25(9-12-37-34)15-23(20-44)17-40-33)28-5-3-7-30(31(28)36)42-35-32-24(8-11-38-35)14-22(16-39-32)18-43-13-10-26(45)19-43/h2-9,11-12,14-17,26,44-45H,10,13,18-20H2,1H3,(H,37,41)(H,38,42)/t26-/m1/s1. The van der Waals surface area contributed by atoms with Crippen molar-refractivity contribution < 1.29 is 10.2 Å². The third-order valence-corrected chi connectivity index (χ3v) is 8.68. The largest absolute Gasteiger partial charge is 0.392 e. The predicted octanol–water partition coefficient (Wildman–Crippen LogP) is 6.75. The summed E-state index contributed by atoms with van der Waals surface area (Å²) in [6.45, 7) is 4.32. The number of halogens is 1. The second-order valence-corrected chi connectivity index (χ2v) is 11.8. The van der Waals surface area contributed by atoms with Gasteiger partial charge in [0, 0.05) is 66.4 Å². The summed E-state index contributed by atoms with van der Waals surface area (Å²) in [5, 5.41) is 28.7. The Morgan fingerprint density at radius 2 is 1.44 bits per heavy atom. The number of benzene rings is 2. The van der Waals surface area contributed by atoms with Gasteiger partial charge in [-0.15, -0.1) is 0 Å². The summed E-state index contributed by atoms with van der Waals surface area (Å²) in [5.41, 5.74) is 7.80. The van der Waals surface area contributed by atoms with E-state index in [1.54, 1.807) is 18.6 Å². The molecule has 5 heterocycles. The van der Waals surface area contributed by atoms with Crippen LogP contribution in [0.1, 0.15) is 23.1 Å². The molecule has 1 aliphatic rings. The van der Waals surface area contributed by atoms with E-state index in [1.807, 2.05) is 67.7 Å². The summed E-state index contributed by atoms with van der Waals surface area (Å²) in [6, 6.07) is 19.8. The number of rotatable bonds is 8. The second-order valence-electron chi connectivity index (χ2n) is 11.4. The maximum absolute atomic E-state index is 9.88. The average Bonchev–Trinajstić information content (AvgIpc) is 3.47. The minimum atomic E-state index is -0.248. The van der Waals surface area contributed by atoms with Gasteiger partial charge >= 0.3 is 0 Å². The molecule has 7 rings (SSSR count). The highest BCUT2D eigenvalue weighted by atomic mass is 35.5. The predicted molar refractivity (Wildman–Crippen MR) is 179 cm³/mol. The molecule has 1 aliphatic heterocycles. The molecule has 2 aromatic carbocycles. The first-order valence-corrected chi connectivity index (χ1v) is 15.3. The number of aliphatic hydroxyl groups excluding tert-OH is 2. The van der Waals surface area contributed by atoms with Crippen LogP contribution in [0.25, 0.3) is 32.9 Å². The Labute approximate surface area is 265 Å². The monoisotopic (exact) mass is 617 g/mol. The van der Waals surface area contributed by atoms with Gasteiger partial charge in [0.05, 0.1) is 23.4 Å². The zero-order valence-corrected chi connectivity index (χ0v) is 25.5. The molecule has 0 aliphatic carbocycles. The van der Waals surface area contributed by atoms with Crippen LogP contribution in [0.4, 0.5) is 23.0 Å². The van der Waals surface area contributed by atoms with Crippen molar-refractivity contribution in [3.63, 3.8) is 0 Å². The van der Waals surface area contributed by atoms with Crippen LogP contribution < -0.4 is 10.6 Å². The smallest absolute Gasteiger partial charge is 0.156 e. The summed E-state index contributed by atoms with van der Waals surface area (Å²) in [5.74, 6) is 1.26. The van der Waals surface area contributed by atoms with Gasteiger partial charge in [-0.3, -0.25) is 14.9 Å². The number of pyridine rings is 4. The molecule has 9 nitrogen and oxygen atoms in total. The zero-order valence-electron chi connectivity index (χ0n) is 24.7. The first-order valence-electron chi connectivity index (χ1n) is 14.9. The first-order chi connectivity index (χ1) is 22.0. The molecule has 45 heavy (non-hydrogen) atoms. The molecule has 1 saturated heterocycles. The van der Waals surface area contributed by atoms with Crippen molar-refractivity contribution in [1.29, 1.82) is 0 Å². The van der Waals surface area contributed by atoms with Crippen LogP contribution in [0.2, 0.25) is 5.02 Å². The lowest BCUT2D eigenvalue weighted by Crippen LogP contribution is -2.21. The molecule has 0 saturated carbocycles. The lowest BCUT2D eigenvalue weighted by molar-refractivity contribution is 0.175. The normalized spacial score (nSPS) is 15.2. The van der Waals surface area contributed by atoms with Crippen LogP contribution in [-0.2, 0) is 13.2 Å². The molecule has 0 radical (unpaired) electrons. The maximum atomic E-state index is 9.88. The van der Waals surface area contributed by atoms with Crippen molar-refractivity contribution in [2.75, 3.05) is 23.7 Å². The van der Waals surface area contributed by atoms with Crippen LogP contribution in [0, 0.1) is 6.92 Å². The van der Waals surface area contributed by atoms with E-state index >= 15 is 0 Å². The summed E-state index contributed by atoms with van der Waals surface area (Å²) < 4.78 is 0. The van der Waals surface area contributed by atoms with E-state index in [2.05, 4.69) is 36.6 Å². The fraction of sp³-hybridized carbons (Fsp3) is 0.200. The van der Waals surface area contributed by atoms with Crippen molar-refractivity contribution >= 4 is 56.4 Å². The Kier molecular flexibility index (Phi) is 7.99. The molecule has 0 spiro atoms. The van der Waals surface area contributed by atoms with E-state index in [0.717, 1.165) is 80.5 Å². The lowest BCUT2D eigenvalue weighted by atomic mass is 9.98. The Morgan fingerprint density at radius 1 is 0.822 bits per heavy atom. The van der Waals surface area contributed by atoms with E-state index in [4.69, 9.17) is 16.6 Å². The highest BCUT2D eigenvalue weighted by Gasteiger charge is 2.20. The lowest BCUT2D eigenvalue weighted by Gasteiger charge is -2.17. The number of aromatic nitrogens is 4. The number of likely N-dealkylation sites (tertiary alicyclic amines) is 1. The molecule has 4 aromatic heterocycles. The van der Waals surface area contributed by atoms with Gasteiger partial charge in [-0.25, -0.2) is 9.97 Å². The molecular weight excluding hydrogens is 586 g/mol. The average molecular weight is 618 g/mol. The fourth-order valence-corrected chi connectivity index (χ4v) is 6.21. The van der Waals surface area contributed by atoms with Crippen molar-refractivity contribution in [2.45, 2.75) is 32.6 Å². The topological polar surface area (TPSA) is 119 Å². The Bertz CT molecular complexity index is 2040. The van der Waals surface area contributed by atoms with Crippen LogP contribution in [0.3, 0.4) is 0 Å². The number of hydrogen-bond acceptors (Lipinski definition) is 9. The van der Waals surface area contributed by atoms with Gasteiger partial charge in [-0.05, 0) is 72.0 Å². The van der Waals surface area contributed by atoms with Crippen LogP contribution in [0.15, 0.2) is 85.5 Å². The van der Waals surface area contributed by atoms with Crippen LogP contribution in [-0.4, -0.2) is 54.2 Å². The fourth-order valence-electron chi connectivity index (χ4n) is 5.94. The van der Waals surface area contributed by atoms with Gasteiger partial charge in [0.15, 0.2) is 11.6 Å². The number of nitrogens with one attached hydrogen (secondary N) is 2. The van der Waals surface area contributed by atoms with Gasteiger partial charge in [-0.2, -0.15) is 0 Å². The van der Waals surface area contributed by atoms with E-state index in [9.17, 15) is 10.2 Å². The molecule has 4 N–H and O–H groups in total. The summed E-state index contributed by atoms with van der Waals surface area (Å²) >= 11 is 7.07. The van der Waals surface area contributed by atoms with E-state index < -0.39 is 0 Å². The van der Waals surface area contributed by atoms with Crippen molar-refractivity contribution in [3.05, 3.63) is 107 Å². The molecule has 10 heteroatoms. The molecular formula is C35H32ClN7O2. The van der Waals surface area contributed by atoms with Gasteiger partial charge in [-0.1, -0.05) is 35.9 Å². The van der Waals surface area contributed by atoms with Gasteiger partial charge < -0.3 is 20.8 Å². The number of β-amino-alcohol motifs (C(OH)–C–C–N with tert-alkyl or cyclic N) is 1. The third kappa shape index (κ3) is 5.91. The molecule has 0 bridgehead atoms. The van der Waals surface area contributed by atoms with Crippen molar-refractivity contribution in [1.82, 2.24) is 24.8 Å². The number of anilines is 4. The molecule has 6 aromatic rings.